The molecule has 0 aliphatic heterocycles. The summed E-state index contributed by atoms with van der Waals surface area (Å²) in [6, 6.07) is 9.14. The molecule has 1 saturated carbocycles. The van der Waals surface area contributed by atoms with Crippen LogP contribution in [0.2, 0.25) is 0 Å². The predicted molar refractivity (Wildman–Crippen MR) is 87.5 cm³/mol. The first-order chi connectivity index (χ1) is 9.58. The number of nitrogens with two attached hydrogens (primary N) is 1. The van der Waals surface area contributed by atoms with Crippen molar-refractivity contribution in [1.29, 1.82) is 0 Å². The maximum atomic E-state index is 5.78. The number of hydrogen-bond donors (Lipinski definition) is 1. The Labute approximate surface area is 124 Å². The van der Waals surface area contributed by atoms with Crippen molar-refractivity contribution >= 4 is 5.69 Å². The molecule has 2 heteroatoms. The molecule has 0 saturated heterocycles. The Morgan fingerprint density at radius 1 is 1.05 bits per heavy atom. The van der Waals surface area contributed by atoms with Crippen LogP contribution in [-0.4, -0.2) is 17.5 Å². The second-order valence-corrected chi connectivity index (χ2v) is 6.78. The SMILES string of the molecule is CCCN(Cc1ccc(N)cc1)C1CC(C)CC(C)C1. The van der Waals surface area contributed by atoms with Gasteiger partial charge in [0.15, 0.2) is 0 Å². The van der Waals surface area contributed by atoms with Crippen LogP contribution in [0.1, 0.15) is 52.0 Å². The van der Waals surface area contributed by atoms with E-state index in [2.05, 4.69) is 37.8 Å². The minimum atomic E-state index is 0.756. The first-order valence-electron chi connectivity index (χ1n) is 8.17. The van der Waals surface area contributed by atoms with E-state index in [1.54, 1.807) is 0 Å². The number of nitrogen functional groups attached to an aromatic ring is 1. The molecule has 1 aromatic carbocycles. The van der Waals surface area contributed by atoms with Crippen LogP contribution < -0.4 is 5.73 Å². The van der Waals surface area contributed by atoms with E-state index in [0.717, 1.165) is 30.1 Å². The minimum absolute atomic E-state index is 0.756. The fourth-order valence-electron chi connectivity index (χ4n) is 3.74. The van der Waals surface area contributed by atoms with E-state index in [1.165, 1.54) is 37.8 Å². The van der Waals surface area contributed by atoms with Crippen molar-refractivity contribution in [3.05, 3.63) is 29.8 Å². The van der Waals surface area contributed by atoms with Gasteiger partial charge in [0, 0.05) is 18.3 Å². The van der Waals surface area contributed by atoms with Crippen molar-refractivity contribution in [2.24, 2.45) is 11.8 Å². The lowest BCUT2D eigenvalue weighted by molar-refractivity contribution is 0.103. The average molecular weight is 274 g/mol. The third-order valence-corrected chi connectivity index (χ3v) is 4.55. The highest BCUT2D eigenvalue weighted by atomic mass is 15.2. The largest absolute Gasteiger partial charge is 0.399 e. The van der Waals surface area contributed by atoms with Crippen LogP contribution in [0.3, 0.4) is 0 Å². The Morgan fingerprint density at radius 2 is 1.65 bits per heavy atom. The molecule has 0 radical (unpaired) electrons. The molecule has 0 amide bonds. The Bertz CT molecular complexity index is 388. The van der Waals surface area contributed by atoms with Gasteiger partial charge in [-0.2, -0.15) is 0 Å². The fraction of sp³-hybridized carbons (Fsp3) is 0.667. The first-order valence-corrected chi connectivity index (χ1v) is 8.17. The summed E-state index contributed by atoms with van der Waals surface area (Å²) in [6.45, 7) is 9.38. The second kappa shape index (κ2) is 7.12. The van der Waals surface area contributed by atoms with Crippen LogP contribution in [0.4, 0.5) is 5.69 Å². The quantitative estimate of drug-likeness (QED) is 0.811. The molecule has 1 aliphatic carbocycles. The van der Waals surface area contributed by atoms with Crippen LogP contribution in [0.15, 0.2) is 24.3 Å². The molecule has 20 heavy (non-hydrogen) atoms. The number of hydrogen-bond acceptors (Lipinski definition) is 2. The molecule has 0 heterocycles. The van der Waals surface area contributed by atoms with E-state index in [9.17, 15) is 0 Å². The Kier molecular flexibility index (Phi) is 5.47. The van der Waals surface area contributed by atoms with Crippen LogP contribution in [0.25, 0.3) is 0 Å². The molecule has 1 aliphatic rings. The summed E-state index contributed by atoms with van der Waals surface area (Å²) in [4.78, 5) is 2.69. The van der Waals surface area contributed by atoms with Gasteiger partial charge in [0.1, 0.15) is 0 Å². The molecule has 2 rings (SSSR count). The van der Waals surface area contributed by atoms with Gasteiger partial charge in [0.2, 0.25) is 0 Å². The maximum Gasteiger partial charge on any atom is 0.0314 e. The van der Waals surface area contributed by atoms with Crippen molar-refractivity contribution in [2.45, 2.75) is 59.0 Å². The topological polar surface area (TPSA) is 29.3 Å². The number of rotatable bonds is 5. The zero-order valence-corrected chi connectivity index (χ0v) is 13.3. The van der Waals surface area contributed by atoms with Gasteiger partial charge in [-0.3, -0.25) is 4.90 Å². The minimum Gasteiger partial charge on any atom is -0.399 e. The van der Waals surface area contributed by atoms with E-state index < -0.39 is 0 Å². The highest BCUT2D eigenvalue weighted by Crippen LogP contribution is 2.32. The zero-order valence-electron chi connectivity index (χ0n) is 13.3. The monoisotopic (exact) mass is 274 g/mol. The van der Waals surface area contributed by atoms with Crippen LogP contribution in [0, 0.1) is 11.8 Å². The standard InChI is InChI=1S/C18H30N2/c1-4-9-20(13-16-5-7-17(19)8-6-16)18-11-14(2)10-15(3)12-18/h5-8,14-15,18H,4,9-13,19H2,1-3H3. The fourth-order valence-corrected chi connectivity index (χ4v) is 3.74. The van der Waals surface area contributed by atoms with Crippen LogP contribution >= 0.6 is 0 Å². The molecule has 2 atom stereocenters. The summed E-state index contributed by atoms with van der Waals surface area (Å²) in [5, 5.41) is 0. The second-order valence-electron chi connectivity index (χ2n) is 6.78. The van der Waals surface area contributed by atoms with E-state index in [1.807, 2.05) is 12.1 Å². The normalized spacial score (nSPS) is 26.9. The third kappa shape index (κ3) is 4.24. The molecule has 0 bridgehead atoms. The van der Waals surface area contributed by atoms with Crippen LogP contribution in [-0.2, 0) is 6.54 Å². The van der Waals surface area contributed by atoms with Crippen molar-refractivity contribution in [3.63, 3.8) is 0 Å². The highest BCUT2D eigenvalue weighted by molar-refractivity contribution is 5.39. The first kappa shape index (κ1) is 15.4. The summed E-state index contributed by atoms with van der Waals surface area (Å²) < 4.78 is 0. The summed E-state index contributed by atoms with van der Waals surface area (Å²) in [5.74, 6) is 1.74. The summed E-state index contributed by atoms with van der Waals surface area (Å²) >= 11 is 0. The molecule has 1 aromatic rings. The van der Waals surface area contributed by atoms with Gasteiger partial charge in [-0.05, 0) is 61.8 Å². The molecule has 0 spiro atoms. The average Bonchev–Trinajstić information content (AvgIpc) is 2.39. The zero-order chi connectivity index (χ0) is 14.5. The van der Waals surface area contributed by atoms with Crippen molar-refractivity contribution in [1.82, 2.24) is 4.90 Å². The summed E-state index contributed by atoms with van der Waals surface area (Å²) in [5.41, 5.74) is 8.03. The van der Waals surface area contributed by atoms with Crippen LogP contribution in [0.5, 0.6) is 0 Å². The van der Waals surface area contributed by atoms with E-state index in [-0.39, 0.29) is 0 Å². The lowest BCUT2D eigenvalue weighted by atomic mass is 9.79. The van der Waals surface area contributed by atoms with Crippen molar-refractivity contribution in [3.8, 4) is 0 Å². The number of anilines is 1. The van der Waals surface area contributed by atoms with E-state index >= 15 is 0 Å². The molecule has 2 nitrogen and oxygen atoms in total. The van der Waals surface area contributed by atoms with E-state index in [4.69, 9.17) is 5.73 Å². The molecular formula is C18H30N2. The smallest absolute Gasteiger partial charge is 0.0314 e. The maximum absolute atomic E-state index is 5.78. The third-order valence-electron chi connectivity index (χ3n) is 4.55. The summed E-state index contributed by atoms with van der Waals surface area (Å²) in [7, 11) is 0. The highest BCUT2D eigenvalue weighted by Gasteiger charge is 2.27. The lowest BCUT2D eigenvalue weighted by Crippen LogP contribution is -2.40. The van der Waals surface area contributed by atoms with Crippen molar-refractivity contribution in [2.75, 3.05) is 12.3 Å². The van der Waals surface area contributed by atoms with Gasteiger partial charge >= 0.3 is 0 Å². The number of benzene rings is 1. The predicted octanol–water partition coefficient (Wildman–Crippen LogP) is 4.31. The molecular weight excluding hydrogens is 244 g/mol. The van der Waals surface area contributed by atoms with Gasteiger partial charge in [-0.1, -0.05) is 32.9 Å². The van der Waals surface area contributed by atoms with Gasteiger partial charge in [-0.25, -0.2) is 0 Å². The molecule has 2 N–H and O–H groups in total. The molecule has 2 unspecified atom stereocenters. The number of nitrogens with zero attached hydrogens (tertiary/aromatic N) is 1. The van der Waals surface area contributed by atoms with Gasteiger partial charge in [0.05, 0.1) is 0 Å². The van der Waals surface area contributed by atoms with Gasteiger partial charge < -0.3 is 5.73 Å². The van der Waals surface area contributed by atoms with Gasteiger partial charge in [0.25, 0.3) is 0 Å². The Balaban J connectivity index is 2.04. The lowest BCUT2D eigenvalue weighted by Gasteiger charge is -2.39. The molecule has 112 valence electrons. The Hall–Kier alpha value is -1.02. The Morgan fingerprint density at radius 3 is 2.20 bits per heavy atom. The van der Waals surface area contributed by atoms with E-state index in [0.29, 0.717) is 0 Å². The molecule has 0 aromatic heterocycles. The van der Waals surface area contributed by atoms with Crippen molar-refractivity contribution < 1.29 is 0 Å². The van der Waals surface area contributed by atoms with Gasteiger partial charge in [-0.15, -0.1) is 0 Å². The summed E-state index contributed by atoms with van der Waals surface area (Å²) in [6.07, 6.45) is 5.35. The molecule has 1 fully saturated rings.